The number of hydrogen-bond acceptors (Lipinski definition) is 5. The second kappa shape index (κ2) is 7.58. The molecule has 0 saturated carbocycles. The van der Waals surface area contributed by atoms with Gasteiger partial charge in [-0.25, -0.2) is 5.43 Å². The molecule has 0 atom stereocenters. The molecule has 2 heterocycles. The van der Waals surface area contributed by atoms with E-state index in [0.717, 1.165) is 0 Å². The van der Waals surface area contributed by atoms with Crippen LogP contribution in [0.4, 0.5) is 0 Å². The highest BCUT2D eigenvalue weighted by atomic mass is 35.5. The molecule has 25 heavy (non-hydrogen) atoms. The minimum absolute atomic E-state index is 0.0614. The monoisotopic (exact) mass is 382 g/mol. The van der Waals surface area contributed by atoms with Crippen LogP contribution in [0.5, 0.6) is 0 Å². The molecule has 6 nitrogen and oxygen atoms in total. The highest BCUT2D eigenvalue weighted by molar-refractivity contribution is 6.43. The van der Waals surface area contributed by atoms with E-state index in [9.17, 15) is 4.79 Å². The van der Waals surface area contributed by atoms with Crippen LogP contribution in [0.3, 0.4) is 0 Å². The summed E-state index contributed by atoms with van der Waals surface area (Å²) in [7, 11) is 0. The Labute approximate surface area is 154 Å². The Bertz CT molecular complexity index is 798. The van der Waals surface area contributed by atoms with E-state index in [-0.39, 0.29) is 12.3 Å². The lowest BCUT2D eigenvalue weighted by molar-refractivity contribution is -0.159. The van der Waals surface area contributed by atoms with Crippen molar-refractivity contribution in [3.8, 4) is 11.3 Å². The molecule has 0 radical (unpaired) electrons. The molecular formula is C17H16Cl2N2O4. The van der Waals surface area contributed by atoms with Crippen LogP contribution in [0.25, 0.3) is 11.3 Å². The first-order valence-electron chi connectivity index (χ1n) is 7.61. The number of hydrogen-bond donors (Lipinski definition) is 1. The molecule has 1 aliphatic heterocycles. The molecule has 1 aromatic carbocycles. The first kappa shape index (κ1) is 17.9. The first-order chi connectivity index (χ1) is 12.0. The van der Waals surface area contributed by atoms with Gasteiger partial charge in [0.15, 0.2) is 5.79 Å². The van der Waals surface area contributed by atoms with E-state index in [2.05, 4.69) is 10.5 Å². The van der Waals surface area contributed by atoms with Gasteiger partial charge in [-0.05, 0) is 31.2 Å². The highest BCUT2D eigenvalue weighted by Gasteiger charge is 2.33. The highest BCUT2D eigenvalue weighted by Crippen LogP contribution is 2.34. The van der Waals surface area contributed by atoms with Gasteiger partial charge in [0, 0.05) is 5.56 Å². The number of rotatable bonds is 5. The predicted octanol–water partition coefficient (Wildman–Crippen LogP) is 3.86. The Kier molecular flexibility index (Phi) is 5.44. The average Bonchev–Trinajstić information content (AvgIpc) is 3.19. The van der Waals surface area contributed by atoms with Crippen LogP contribution in [0, 0.1) is 0 Å². The van der Waals surface area contributed by atoms with Crippen molar-refractivity contribution in [1.29, 1.82) is 0 Å². The maximum atomic E-state index is 11.9. The van der Waals surface area contributed by atoms with Crippen molar-refractivity contribution in [1.82, 2.24) is 5.43 Å². The number of amides is 1. The van der Waals surface area contributed by atoms with E-state index in [1.54, 1.807) is 37.3 Å². The van der Waals surface area contributed by atoms with Crippen molar-refractivity contribution < 1.29 is 18.7 Å². The molecule has 1 fully saturated rings. The third kappa shape index (κ3) is 4.41. The number of halogens is 2. The third-order valence-electron chi connectivity index (χ3n) is 3.60. The minimum atomic E-state index is -0.888. The molecule has 1 aliphatic rings. The number of nitrogens with one attached hydrogen (secondary N) is 1. The summed E-state index contributed by atoms with van der Waals surface area (Å²) in [6.07, 6.45) is 1.46. The van der Waals surface area contributed by atoms with Gasteiger partial charge < -0.3 is 13.9 Å². The second-order valence-corrected chi connectivity index (χ2v) is 6.39. The van der Waals surface area contributed by atoms with Crippen LogP contribution >= 0.6 is 23.2 Å². The zero-order valence-electron chi connectivity index (χ0n) is 13.4. The largest absolute Gasteiger partial charge is 0.455 e. The summed E-state index contributed by atoms with van der Waals surface area (Å²) < 4.78 is 16.4. The summed E-state index contributed by atoms with van der Waals surface area (Å²) in [4.78, 5) is 11.9. The normalized spacial score (nSPS) is 16.4. The molecular weight excluding hydrogens is 367 g/mol. The Balaban J connectivity index is 1.60. The zero-order chi connectivity index (χ0) is 17.9. The molecule has 0 aliphatic carbocycles. The smallest absolute Gasteiger partial charge is 0.245 e. The molecule has 8 heteroatoms. The zero-order valence-corrected chi connectivity index (χ0v) is 14.9. The van der Waals surface area contributed by atoms with Crippen molar-refractivity contribution >= 4 is 35.3 Å². The molecule has 1 saturated heterocycles. The Hall–Kier alpha value is -1.86. The van der Waals surface area contributed by atoms with Gasteiger partial charge in [0.1, 0.15) is 11.5 Å². The van der Waals surface area contributed by atoms with E-state index < -0.39 is 5.79 Å². The van der Waals surface area contributed by atoms with Crippen molar-refractivity contribution in [2.75, 3.05) is 13.2 Å². The summed E-state index contributed by atoms with van der Waals surface area (Å²) in [5, 5.41) is 4.74. The van der Waals surface area contributed by atoms with E-state index in [1.165, 1.54) is 6.21 Å². The fourth-order valence-corrected chi connectivity index (χ4v) is 2.81. The van der Waals surface area contributed by atoms with Gasteiger partial charge in [-0.3, -0.25) is 4.79 Å². The lowest BCUT2D eigenvalue weighted by Gasteiger charge is -2.20. The van der Waals surface area contributed by atoms with Gasteiger partial charge in [-0.1, -0.05) is 29.3 Å². The molecule has 2 aromatic rings. The van der Waals surface area contributed by atoms with E-state index in [4.69, 9.17) is 37.1 Å². The van der Waals surface area contributed by atoms with Crippen LogP contribution in [0.15, 0.2) is 39.9 Å². The summed E-state index contributed by atoms with van der Waals surface area (Å²) in [6.45, 7) is 2.68. The average molecular weight is 383 g/mol. The summed E-state index contributed by atoms with van der Waals surface area (Å²) in [5.41, 5.74) is 3.10. The van der Waals surface area contributed by atoms with Crippen molar-refractivity contribution in [2.24, 2.45) is 5.10 Å². The Morgan fingerprint density at radius 1 is 1.28 bits per heavy atom. The fourth-order valence-electron chi connectivity index (χ4n) is 2.42. The van der Waals surface area contributed by atoms with Crippen molar-refractivity contribution in [3.05, 3.63) is 46.1 Å². The molecule has 0 bridgehead atoms. The van der Waals surface area contributed by atoms with Gasteiger partial charge >= 0.3 is 0 Å². The molecule has 1 aromatic heterocycles. The second-order valence-electron chi connectivity index (χ2n) is 5.60. The summed E-state index contributed by atoms with van der Waals surface area (Å²) in [6, 6.07) is 8.76. The third-order valence-corrected chi connectivity index (χ3v) is 4.42. The molecule has 132 valence electrons. The van der Waals surface area contributed by atoms with Crippen LogP contribution in [0.1, 0.15) is 19.1 Å². The maximum absolute atomic E-state index is 11.9. The van der Waals surface area contributed by atoms with Crippen LogP contribution in [-0.2, 0) is 14.3 Å². The number of carbonyl (C=O) groups excluding carboxylic acids is 1. The van der Waals surface area contributed by atoms with Crippen molar-refractivity contribution in [2.45, 2.75) is 19.1 Å². The van der Waals surface area contributed by atoms with Gasteiger partial charge in [0.25, 0.3) is 0 Å². The summed E-state index contributed by atoms with van der Waals surface area (Å²) >= 11 is 12.2. The fraction of sp³-hybridized carbons (Fsp3) is 0.294. The number of nitrogens with zero attached hydrogens (tertiary/aromatic N) is 1. The topological polar surface area (TPSA) is 73.1 Å². The van der Waals surface area contributed by atoms with Gasteiger partial charge in [-0.2, -0.15) is 5.10 Å². The van der Waals surface area contributed by atoms with Gasteiger partial charge in [0.05, 0.1) is 35.9 Å². The SMILES string of the molecule is CC1(CC(=O)N/N=C/c2ccc(-c3cccc(Cl)c3Cl)o2)OCCO1. The summed E-state index contributed by atoms with van der Waals surface area (Å²) in [5.74, 6) is -0.183. The van der Waals surface area contributed by atoms with Crippen LogP contribution in [-0.4, -0.2) is 31.1 Å². The minimum Gasteiger partial charge on any atom is -0.455 e. The number of benzene rings is 1. The first-order valence-corrected chi connectivity index (χ1v) is 8.36. The van der Waals surface area contributed by atoms with Crippen molar-refractivity contribution in [3.63, 3.8) is 0 Å². The molecule has 1 amide bonds. The lowest BCUT2D eigenvalue weighted by Crippen LogP contribution is -2.33. The molecule has 0 unspecified atom stereocenters. The molecule has 1 N–H and O–H groups in total. The molecule has 0 spiro atoms. The van der Waals surface area contributed by atoms with E-state index >= 15 is 0 Å². The van der Waals surface area contributed by atoms with Gasteiger partial charge in [0.2, 0.25) is 5.91 Å². The predicted molar refractivity (Wildman–Crippen MR) is 94.8 cm³/mol. The number of furan rings is 1. The number of ether oxygens (including phenoxy) is 2. The van der Waals surface area contributed by atoms with Crippen LogP contribution < -0.4 is 5.43 Å². The maximum Gasteiger partial charge on any atom is 0.245 e. The van der Waals surface area contributed by atoms with Gasteiger partial charge in [-0.15, -0.1) is 0 Å². The number of carbonyl (C=O) groups is 1. The number of hydrazone groups is 1. The standard InChI is InChI=1S/C17H16Cl2N2O4/c1-17(23-7-8-24-17)9-15(22)21-20-10-11-5-6-14(25-11)12-3-2-4-13(18)16(12)19/h2-6,10H,7-9H2,1H3,(H,21,22)/b20-10+. The van der Waals surface area contributed by atoms with Crippen LogP contribution in [0.2, 0.25) is 10.0 Å². The lowest BCUT2D eigenvalue weighted by atomic mass is 10.2. The quantitative estimate of drug-likeness (QED) is 0.629. The van der Waals surface area contributed by atoms with E-state index in [1.807, 2.05) is 0 Å². The Morgan fingerprint density at radius 2 is 2.04 bits per heavy atom. The van der Waals surface area contributed by atoms with E-state index in [0.29, 0.717) is 40.3 Å². The molecule has 3 rings (SSSR count). The Morgan fingerprint density at radius 3 is 2.80 bits per heavy atom.